The van der Waals surface area contributed by atoms with Crippen LogP contribution in [0.1, 0.15) is 78.1 Å². The molecule has 0 amide bonds. The van der Waals surface area contributed by atoms with Crippen LogP contribution in [0.15, 0.2) is 23.0 Å². The van der Waals surface area contributed by atoms with E-state index in [2.05, 4.69) is 13.8 Å². The van der Waals surface area contributed by atoms with Gasteiger partial charge in [-0.25, -0.2) is 0 Å². The number of methoxy groups -OCH3 is 6. The van der Waals surface area contributed by atoms with Crippen molar-refractivity contribution >= 4 is 0 Å². The Morgan fingerprint density at radius 1 is 0.516 bits per heavy atom. The highest BCUT2D eigenvalue weighted by Gasteiger charge is 2.29. The van der Waals surface area contributed by atoms with Gasteiger partial charge in [0, 0.05) is 27.1 Å². The third-order valence-electron chi connectivity index (χ3n) is 5.10. The van der Waals surface area contributed by atoms with E-state index in [4.69, 9.17) is 33.2 Å². The molecule has 0 aliphatic heterocycles. The van der Waals surface area contributed by atoms with E-state index in [1.54, 1.807) is 42.7 Å². The summed E-state index contributed by atoms with van der Waals surface area (Å²) in [6.45, 7) is 4.37. The smallest absolute Gasteiger partial charge is 0.222 e. The van der Waals surface area contributed by atoms with Crippen molar-refractivity contribution < 1.29 is 33.2 Å². The minimum Gasteiger partial charge on any atom is -0.497 e. The van der Waals surface area contributed by atoms with Crippen LogP contribution in [0.3, 0.4) is 0 Å². The van der Waals surface area contributed by atoms with E-state index in [1.807, 2.05) is 0 Å². The number of hydrogen-bond acceptors (Lipinski definition) is 7. The predicted molar refractivity (Wildman–Crippen MR) is 122 cm³/mol. The van der Waals surface area contributed by atoms with Crippen LogP contribution in [0, 0.1) is 0 Å². The topological polar surface area (TPSA) is 64.6 Å². The van der Waals surface area contributed by atoms with Crippen molar-refractivity contribution in [2.75, 3.05) is 42.7 Å². The van der Waals surface area contributed by atoms with Gasteiger partial charge in [-0.3, -0.25) is 0 Å². The van der Waals surface area contributed by atoms with Gasteiger partial charge in [0.05, 0.1) is 28.4 Å². The first-order chi connectivity index (χ1) is 15.1. The third-order valence-corrected chi connectivity index (χ3v) is 5.10. The molecule has 0 saturated carbocycles. The largest absolute Gasteiger partial charge is 0.497 e. The average Bonchev–Trinajstić information content (AvgIpc) is 2.80. The summed E-state index contributed by atoms with van der Waals surface area (Å²) in [4.78, 5) is 0. The predicted octanol–water partition coefficient (Wildman–Crippen LogP) is 5.90. The zero-order chi connectivity index (χ0) is 23.5. The summed E-state index contributed by atoms with van der Waals surface area (Å²) < 4.78 is 39.7. The van der Waals surface area contributed by atoms with Gasteiger partial charge in [-0.2, -0.15) is 0 Å². The lowest BCUT2D eigenvalue weighted by Crippen LogP contribution is -2.31. The minimum absolute atomic E-state index is 0.487. The molecule has 0 spiro atoms. The number of unbranched alkanes of at least 4 members (excludes halogenated alkanes) is 6. The zero-order valence-electron chi connectivity index (χ0n) is 21.1. The second-order valence-electron chi connectivity index (χ2n) is 7.28. The molecule has 0 saturated heterocycles. The molecule has 0 N–H and O–H groups in total. The average molecular weight is 447 g/mol. The van der Waals surface area contributed by atoms with Crippen molar-refractivity contribution in [1.82, 2.24) is 0 Å². The Balaban J connectivity index is 5.55. The summed E-state index contributed by atoms with van der Waals surface area (Å²) in [7, 11) is 9.54. The normalized spacial score (nSPS) is 15.0. The van der Waals surface area contributed by atoms with Gasteiger partial charge in [0.15, 0.2) is 11.5 Å². The molecule has 0 radical (unpaired) electrons. The second-order valence-corrected chi connectivity index (χ2v) is 7.28. The number of ether oxygens (including phenoxy) is 7. The van der Waals surface area contributed by atoms with Crippen LogP contribution in [0.5, 0.6) is 0 Å². The Labute approximate surface area is 190 Å². The fourth-order valence-corrected chi connectivity index (χ4v) is 3.32. The zero-order valence-corrected chi connectivity index (χ0v) is 21.1. The van der Waals surface area contributed by atoms with Crippen LogP contribution >= 0.6 is 0 Å². The van der Waals surface area contributed by atoms with E-state index >= 15 is 0 Å². The summed E-state index contributed by atoms with van der Waals surface area (Å²) in [5.74, 6) is 2.38. The highest BCUT2D eigenvalue weighted by atomic mass is 16.8. The van der Waals surface area contributed by atoms with E-state index in [1.165, 1.54) is 25.7 Å². The molecule has 7 nitrogen and oxygen atoms in total. The Hall–Kier alpha value is -1.44. The molecule has 0 bridgehead atoms. The van der Waals surface area contributed by atoms with Gasteiger partial charge in [0.2, 0.25) is 12.6 Å². The van der Waals surface area contributed by atoms with Crippen molar-refractivity contribution in [2.24, 2.45) is 0 Å². The maximum absolute atomic E-state index is 6.11. The minimum atomic E-state index is -0.820. The monoisotopic (exact) mass is 446 g/mol. The molecule has 0 heterocycles. The maximum atomic E-state index is 6.11. The Morgan fingerprint density at radius 3 is 1.16 bits per heavy atom. The highest BCUT2D eigenvalue weighted by molar-refractivity contribution is 5.08. The quantitative estimate of drug-likeness (QED) is 0.131. The van der Waals surface area contributed by atoms with Crippen molar-refractivity contribution in [2.45, 2.75) is 90.6 Å². The van der Waals surface area contributed by atoms with Gasteiger partial charge >= 0.3 is 0 Å². The lowest BCUT2D eigenvalue weighted by molar-refractivity contribution is -0.223. The first-order valence-electron chi connectivity index (χ1n) is 11.4. The van der Waals surface area contributed by atoms with E-state index in [9.17, 15) is 0 Å². The fraction of sp³-hybridized carbons (Fsp3) is 0.833. The lowest BCUT2D eigenvalue weighted by Gasteiger charge is -2.27. The molecule has 184 valence electrons. The fourth-order valence-electron chi connectivity index (χ4n) is 3.32. The van der Waals surface area contributed by atoms with Crippen LogP contribution in [0.4, 0.5) is 0 Å². The molecule has 0 rings (SSSR count). The van der Waals surface area contributed by atoms with Crippen LogP contribution in [-0.4, -0.2) is 55.2 Å². The van der Waals surface area contributed by atoms with Gasteiger partial charge < -0.3 is 33.2 Å². The van der Waals surface area contributed by atoms with Crippen molar-refractivity contribution in [3.63, 3.8) is 0 Å². The first-order valence-corrected chi connectivity index (χ1v) is 11.4. The lowest BCUT2D eigenvalue weighted by atomic mass is 10.1. The number of hydrogen-bond donors (Lipinski definition) is 0. The summed E-state index contributed by atoms with van der Waals surface area (Å²) >= 11 is 0. The third kappa shape index (κ3) is 11.1. The Morgan fingerprint density at radius 2 is 0.903 bits per heavy atom. The molecular weight excluding hydrogens is 400 g/mol. The SMILES string of the molecule is CCCCCCC(OC)=C(OC)C(OC)OC(OC)C(OC)=C(CCCCCC)OC. The molecule has 0 aliphatic rings. The molecule has 0 fully saturated rings. The Kier molecular flexibility index (Phi) is 18.4. The van der Waals surface area contributed by atoms with Crippen LogP contribution in [0.2, 0.25) is 0 Å². The summed E-state index contributed by atoms with van der Waals surface area (Å²) in [5.41, 5.74) is 0. The standard InChI is InChI=1S/C24H46O7/c1-9-11-13-15-17-19(25-3)21(27-5)23(29-7)31-24(30-8)22(28-6)20(26-4)18-16-14-12-10-2/h23-24H,9-18H2,1-8H3. The van der Waals surface area contributed by atoms with Gasteiger partial charge in [-0.05, 0) is 12.8 Å². The van der Waals surface area contributed by atoms with Crippen molar-refractivity contribution in [1.29, 1.82) is 0 Å². The number of rotatable bonds is 20. The molecule has 0 aromatic carbocycles. The second kappa shape index (κ2) is 19.3. The molecule has 7 heteroatoms. The van der Waals surface area contributed by atoms with E-state index in [0.29, 0.717) is 23.0 Å². The van der Waals surface area contributed by atoms with E-state index in [-0.39, 0.29) is 0 Å². The number of allylic oxidation sites excluding steroid dienone is 2. The molecule has 0 aromatic rings. The molecule has 0 aliphatic carbocycles. The maximum Gasteiger partial charge on any atom is 0.222 e. The molecule has 2 atom stereocenters. The van der Waals surface area contributed by atoms with Gasteiger partial charge in [-0.1, -0.05) is 52.4 Å². The van der Waals surface area contributed by atoms with Gasteiger partial charge in [0.1, 0.15) is 11.5 Å². The summed E-state index contributed by atoms with van der Waals surface area (Å²) in [6, 6.07) is 0. The highest BCUT2D eigenvalue weighted by Crippen LogP contribution is 2.26. The first kappa shape index (κ1) is 29.6. The summed E-state index contributed by atoms with van der Waals surface area (Å²) in [5, 5.41) is 0. The molecule has 2 unspecified atom stereocenters. The van der Waals surface area contributed by atoms with Crippen molar-refractivity contribution in [3.05, 3.63) is 23.0 Å². The summed E-state index contributed by atoms with van der Waals surface area (Å²) in [6.07, 6.45) is 8.85. The van der Waals surface area contributed by atoms with Crippen LogP contribution in [0.25, 0.3) is 0 Å². The molecular formula is C24H46O7. The van der Waals surface area contributed by atoms with E-state index in [0.717, 1.165) is 38.5 Å². The van der Waals surface area contributed by atoms with Crippen LogP contribution < -0.4 is 0 Å². The molecule has 31 heavy (non-hydrogen) atoms. The van der Waals surface area contributed by atoms with Crippen molar-refractivity contribution in [3.8, 4) is 0 Å². The van der Waals surface area contributed by atoms with Crippen LogP contribution in [-0.2, 0) is 33.2 Å². The van der Waals surface area contributed by atoms with Gasteiger partial charge in [0.25, 0.3) is 0 Å². The molecule has 0 aromatic heterocycles. The Bertz CT molecular complexity index is 458. The van der Waals surface area contributed by atoms with Gasteiger partial charge in [-0.15, -0.1) is 0 Å². The van der Waals surface area contributed by atoms with E-state index < -0.39 is 12.6 Å².